The molecule has 4 heterocycles. The Morgan fingerprint density at radius 2 is 1.21 bits per heavy atom. The SMILES string of the molecule is [2H]C(C)(C)c1cccc2c3ccccc3c3cccc4c3n(c3c(-c5cc(C(C)(C)C)cc(C(C([2H])([2H])[2H])(C([2H])([2H])[2H])C([2H])([2H])[2H])c5)cccc3c12)[CH-]N4c1[c-]c(Oc2[c-]c3c(cc2)c2ccccc2n3-c2cc(C(C)(C)C)ccn2)ccc1.[Pt]. The molecule has 0 spiro atoms. The molecule has 0 saturated heterocycles. The fourth-order valence-electron chi connectivity index (χ4n) is 10.8. The number of nitrogens with zero attached hydrogens (tertiary/aromatic N) is 4. The van der Waals surface area contributed by atoms with Gasteiger partial charge < -0.3 is 18.8 Å². The summed E-state index contributed by atoms with van der Waals surface area (Å²) in [5.74, 6) is 0.553. The predicted molar refractivity (Wildman–Crippen MR) is 312 cm³/mol. The quantitative estimate of drug-likeness (QED) is 0.156. The van der Waals surface area contributed by atoms with Crippen molar-refractivity contribution in [2.75, 3.05) is 4.90 Å². The van der Waals surface area contributed by atoms with Gasteiger partial charge in [0.1, 0.15) is 5.82 Å². The maximum atomic E-state index is 9.72. The zero-order chi connectivity index (χ0) is 59.8. The molecule has 0 radical (unpaired) electrons. The number of hydrogen-bond acceptors (Lipinski definition) is 3. The normalized spacial score (nSPS) is 15.4. The van der Waals surface area contributed by atoms with Crippen LogP contribution in [0.1, 0.15) is 118 Å². The predicted octanol–water partition coefficient (Wildman–Crippen LogP) is 18.9. The molecular formula is C69H63N4OPt-3. The van der Waals surface area contributed by atoms with Gasteiger partial charge in [-0.2, -0.15) is 12.1 Å². The van der Waals surface area contributed by atoms with Gasteiger partial charge in [0, 0.05) is 63.7 Å². The monoisotopic (exact) mass is 1170 g/mol. The van der Waals surface area contributed by atoms with Gasteiger partial charge in [0.2, 0.25) is 0 Å². The zero-order valence-electron chi connectivity index (χ0n) is 53.3. The summed E-state index contributed by atoms with van der Waals surface area (Å²) in [7, 11) is 0. The fraction of sp³-hybridized carbons (Fsp3) is 0.217. The van der Waals surface area contributed by atoms with Crippen LogP contribution in [0.25, 0.3) is 82.1 Å². The Kier molecular flexibility index (Phi) is 9.65. The van der Waals surface area contributed by atoms with Gasteiger partial charge in [-0.25, -0.2) is 4.98 Å². The second-order valence-corrected chi connectivity index (χ2v) is 21.9. The molecule has 5 nitrogen and oxygen atoms in total. The van der Waals surface area contributed by atoms with E-state index < -0.39 is 37.3 Å². The summed E-state index contributed by atoms with van der Waals surface area (Å²) in [5, 5.41) is 7.23. The minimum Gasteiger partial charge on any atom is -0.509 e. The Morgan fingerprint density at radius 3 is 1.96 bits per heavy atom. The van der Waals surface area contributed by atoms with Gasteiger partial charge in [0.15, 0.2) is 0 Å². The van der Waals surface area contributed by atoms with Gasteiger partial charge in [-0.3, -0.25) is 0 Å². The third-order valence-corrected chi connectivity index (χ3v) is 14.6. The topological polar surface area (TPSA) is 35.2 Å². The molecule has 0 atom stereocenters. The summed E-state index contributed by atoms with van der Waals surface area (Å²) in [6.45, 7) is 7.54. The fourth-order valence-corrected chi connectivity index (χ4v) is 10.8. The molecular weight excluding hydrogens is 1100 g/mol. The second-order valence-electron chi connectivity index (χ2n) is 21.9. The molecule has 3 aromatic heterocycles. The van der Waals surface area contributed by atoms with Crippen molar-refractivity contribution in [3.63, 3.8) is 0 Å². The largest absolute Gasteiger partial charge is 0.509 e. The first-order valence-electron chi connectivity index (χ1n) is 30.2. The van der Waals surface area contributed by atoms with Gasteiger partial charge in [-0.15, -0.1) is 35.7 Å². The van der Waals surface area contributed by atoms with Crippen molar-refractivity contribution in [2.45, 2.75) is 98.1 Å². The molecule has 378 valence electrons. The van der Waals surface area contributed by atoms with Crippen molar-refractivity contribution in [1.29, 1.82) is 0 Å². The first-order chi connectivity index (χ1) is 39.5. The van der Waals surface area contributed by atoms with Crippen molar-refractivity contribution < 1.29 is 39.5 Å². The molecule has 0 bridgehead atoms. The van der Waals surface area contributed by atoms with Crippen molar-refractivity contribution in [3.05, 3.63) is 211 Å². The number of rotatable bonds is 6. The number of anilines is 2. The average Bonchev–Trinajstić information content (AvgIpc) is 1.29. The van der Waals surface area contributed by atoms with Crippen LogP contribution in [0.5, 0.6) is 11.5 Å². The summed E-state index contributed by atoms with van der Waals surface area (Å²) >= 11 is 0. The van der Waals surface area contributed by atoms with E-state index in [0.717, 1.165) is 82.3 Å². The molecule has 8 aromatic carbocycles. The molecule has 11 aromatic rings. The maximum Gasteiger partial charge on any atom is 0.135 e. The van der Waals surface area contributed by atoms with E-state index in [1.807, 2.05) is 145 Å². The Bertz CT molecular complexity index is 4520. The van der Waals surface area contributed by atoms with Crippen molar-refractivity contribution in [2.24, 2.45) is 0 Å². The van der Waals surface area contributed by atoms with E-state index >= 15 is 0 Å². The van der Waals surface area contributed by atoms with Gasteiger partial charge >= 0.3 is 0 Å². The van der Waals surface area contributed by atoms with Crippen LogP contribution in [-0.4, -0.2) is 14.1 Å². The summed E-state index contributed by atoms with van der Waals surface area (Å²) in [6, 6.07) is 60.5. The molecule has 75 heavy (non-hydrogen) atoms. The number of pyridine rings is 1. The average molecular weight is 1170 g/mol. The van der Waals surface area contributed by atoms with Crippen molar-refractivity contribution in [3.8, 4) is 28.4 Å². The Morgan fingerprint density at radius 1 is 0.573 bits per heavy atom. The molecule has 0 aliphatic carbocycles. The van der Waals surface area contributed by atoms with Crippen LogP contribution in [0.3, 0.4) is 0 Å². The van der Waals surface area contributed by atoms with Crippen molar-refractivity contribution >= 4 is 76.5 Å². The number of benzene rings is 8. The Balaban J connectivity index is 0.00000752. The van der Waals surface area contributed by atoms with Crippen LogP contribution in [0, 0.1) is 18.8 Å². The molecule has 0 saturated carbocycles. The van der Waals surface area contributed by atoms with Crippen molar-refractivity contribution in [1.82, 2.24) is 14.1 Å². The maximum absolute atomic E-state index is 9.72. The van der Waals surface area contributed by atoms with Crippen LogP contribution in [0.2, 0.25) is 0 Å². The number of hydrogen-bond donors (Lipinski definition) is 0. The van der Waals surface area contributed by atoms with Gasteiger partial charge in [0.05, 0.1) is 0 Å². The first kappa shape index (κ1) is 39.1. The molecule has 12 rings (SSSR count). The summed E-state index contributed by atoms with van der Waals surface area (Å²) in [6.07, 6.45) is 1.85. The summed E-state index contributed by atoms with van der Waals surface area (Å²) in [5.41, 5.74) is 3.63. The summed E-state index contributed by atoms with van der Waals surface area (Å²) in [4.78, 5) is 6.92. The standard InChI is InChI=1S/C69H63N4O.Pt/c1-43(2)51-25-17-27-57-53-22-12-13-23-54(53)58-28-19-31-61-66(58)72(65-52(26-18-29-59(65)64(51)57)44-36-46(68(6,7)8)38-47(37-44)69(9,10)11)42-71(61)48-20-16-21-49(40-48)74-50-32-33-56-55-24-14-15-30-60(55)73(62(56)41-50)63-39-45(34-35-70-63)67(3,4)5;/h12-39,42-43H,1-11H3;/q-3;/i6D3,7D3,8D3,43D;. The van der Waals surface area contributed by atoms with E-state index in [9.17, 15) is 1.37 Å². The van der Waals surface area contributed by atoms with E-state index in [-0.39, 0.29) is 32.0 Å². The van der Waals surface area contributed by atoms with Crippen LogP contribution < -0.4 is 9.64 Å². The molecule has 0 N–H and O–H groups in total. The van der Waals surface area contributed by atoms with Gasteiger partial charge in [0.25, 0.3) is 0 Å². The summed E-state index contributed by atoms with van der Waals surface area (Å²) < 4.78 is 100. The molecule has 1 aliphatic rings. The molecule has 1 aliphatic heterocycles. The minimum atomic E-state index is -3.51. The number of para-hydroxylation sites is 3. The van der Waals surface area contributed by atoms with E-state index in [4.69, 9.17) is 22.1 Å². The van der Waals surface area contributed by atoms with Crippen LogP contribution in [0.4, 0.5) is 11.4 Å². The van der Waals surface area contributed by atoms with E-state index in [1.165, 1.54) is 12.1 Å². The smallest absolute Gasteiger partial charge is 0.135 e. The Hall–Kier alpha value is -7.33. The number of ether oxygens (including phenoxy) is 1. The third-order valence-electron chi connectivity index (χ3n) is 14.6. The van der Waals surface area contributed by atoms with Gasteiger partial charge in [-0.1, -0.05) is 196 Å². The zero-order valence-corrected chi connectivity index (χ0v) is 45.5. The number of aromatic nitrogens is 3. The first-order valence-corrected chi connectivity index (χ1v) is 25.2. The third kappa shape index (κ3) is 8.64. The second kappa shape index (κ2) is 18.5. The number of fused-ring (bicyclic) bond motifs is 10. The van der Waals surface area contributed by atoms with Crippen LogP contribution >= 0.6 is 0 Å². The van der Waals surface area contributed by atoms with Crippen LogP contribution in [-0.2, 0) is 37.3 Å². The van der Waals surface area contributed by atoms with Crippen LogP contribution in [0.15, 0.2) is 170 Å². The van der Waals surface area contributed by atoms with E-state index in [2.05, 4.69) is 102 Å². The Labute approximate surface area is 470 Å². The minimum absolute atomic E-state index is 0. The molecule has 0 unspecified atom stereocenters. The van der Waals surface area contributed by atoms with E-state index in [1.54, 1.807) is 0 Å². The van der Waals surface area contributed by atoms with E-state index in [0.29, 0.717) is 39.4 Å². The molecule has 6 heteroatoms. The molecule has 0 amide bonds. The van der Waals surface area contributed by atoms with Gasteiger partial charge in [-0.05, 0) is 135 Å². The molecule has 0 fully saturated rings.